The summed E-state index contributed by atoms with van der Waals surface area (Å²) in [4.78, 5) is 0. The largest absolute Gasteiger partial charge is 0.366 e. The van der Waals surface area contributed by atoms with Gasteiger partial charge in [-0.3, -0.25) is 0 Å². The topological polar surface area (TPSA) is 12.5 Å². The predicted molar refractivity (Wildman–Crippen MR) is 32.6 cm³/mol. The van der Waals surface area contributed by atoms with Crippen molar-refractivity contribution >= 4 is 23.2 Å². The molecule has 1 saturated heterocycles. The molecule has 1 nitrogen and oxygen atoms in total. The van der Waals surface area contributed by atoms with Crippen molar-refractivity contribution < 1.29 is 4.74 Å². The van der Waals surface area contributed by atoms with Crippen LogP contribution in [0.15, 0.2) is 0 Å². The van der Waals surface area contributed by atoms with E-state index in [1.807, 2.05) is 0 Å². The van der Waals surface area contributed by atoms with E-state index in [0.717, 1.165) is 6.42 Å². The van der Waals surface area contributed by atoms with E-state index in [0.29, 0.717) is 12.2 Å². The van der Waals surface area contributed by atoms with Crippen molar-refractivity contribution in [1.29, 1.82) is 0 Å². The molecule has 1 aliphatic heterocycles. The first-order valence-corrected chi connectivity index (χ1v) is 3.60. The van der Waals surface area contributed by atoms with Crippen molar-refractivity contribution in [2.24, 2.45) is 0 Å². The third-order valence-electron chi connectivity index (χ3n) is 1.72. The monoisotopic (exact) mass is 152 g/mol. The molecule has 8 heavy (non-hydrogen) atoms. The lowest BCUT2D eigenvalue weighted by atomic mass is 10.3. The van der Waals surface area contributed by atoms with Gasteiger partial charge in [-0.2, -0.15) is 0 Å². The van der Waals surface area contributed by atoms with Crippen LogP contribution in [0.2, 0.25) is 0 Å². The molecular weight excluding hydrogens is 147 g/mol. The van der Waals surface area contributed by atoms with E-state index >= 15 is 0 Å². The predicted octanol–water partition coefficient (Wildman–Crippen LogP) is 1.37. The molecule has 1 heterocycles. The highest BCUT2D eigenvalue weighted by molar-refractivity contribution is 6.25. The summed E-state index contributed by atoms with van der Waals surface area (Å²) in [5, 5.41) is 0.366. The lowest BCUT2D eigenvalue weighted by Crippen LogP contribution is -2.04. The van der Waals surface area contributed by atoms with Gasteiger partial charge in [-0.25, -0.2) is 0 Å². The molecule has 2 fully saturated rings. The summed E-state index contributed by atoms with van der Waals surface area (Å²) < 4.78 is 5.11. The number of epoxide rings is 1. The molecule has 1 aliphatic carbocycles. The standard InChI is InChI=1S/C5H6Cl2O/c6-2-1-3(7)5-4(2)8-5/h2-5H,1H2. The number of rotatable bonds is 0. The Morgan fingerprint density at radius 3 is 1.75 bits per heavy atom. The maximum absolute atomic E-state index is 5.79. The third kappa shape index (κ3) is 0.584. The van der Waals surface area contributed by atoms with E-state index in [4.69, 9.17) is 27.9 Å². The summed E-state index contributed by atoms with van der Waals surface area (Å²) in [6.45, 7) is 0. The Morgan fingerprint density at radius 1 is 1.12 bits per heavy atom. The summed E-state index contributed by atoms with van der Waals surface area (Å²) in [5.74, 6) is 0. The molecular formula is C5H6Cl2O. The second kappa shape index (κ2) is 1.53. The zero-order valence-electron chi connectivity index (χ0n) is 4.18. The highest BCUT2D eigenvalue weighted by atomic mass is 35.5. The van der Waals surface area contributed by atoms with Crippen LogP contribution in [0.5, 0.6) is 0 Å². The van der Waals surface area contributed by atoms with Crippen molar-refractivity contribution in [3.05, 3.63) is 0 Å². The number of ether oxygens (including phenoxy) is 1. The number of alkyl halides is 2. The summed E-state index contributed by atoms with van der Waals surface area (Å²) in [7, 11) is 0. The Kier molecular flexibility index (Phi) is 1.02. The molecule has 4 atom stereocenters. The van der Waals surface area contributed by atoms with Gasteiger partial charge < -0.3 is 4.74 Å². The van der Waals surface area contributed by atoms with E-state index < -0.39 is 0 Å². The minimum Gasteiger partial charge on any atom is -0.366 e. The Labute approximate surface area is 57.9 Å². The zero-order valence-corrected chi connectivity index (χ0v) is 5.69. The number of halogens is 2. The molecule has 2 aliphatic rings. The van der Waals surface area contributed by atoms with Gasteiger partial charge in [-0.05, 0) is 6.42 Å². The first-order valence-electron chi connectivity index (χ1n) is 2.72. The van der Waals surface area contributed by atoms with Gasteiger partial charge in [0.2, 0.25) is 0 Å². The molecule has 0 N–H and O–H groups in total. The van der Waals surface area contributed by atoms with Crippen molar-refractivity contribution in [2.75, 3.05) is 0 Å². The number of fused-ring (bicyclic) bond motifs is 1. The van der Waals surface area contributed by atoms with Crippen LogP contribution in [0.1, 0.15) is 6.42 Å². The second-order valence-corrected chi connectivity index (χ2v) is 3.45. The molecule has 0 amide bonds. The molecule has 0 bridgehead atoms. The summed E-state index contributed by atoms with van der Waals surface area (Å²) in [5.41, 5.74) is 0. The quantitative estimate of drug-likeness (QED) is 0.378. The van der Waals surface area contributed by atoms with E-state index in [1.165, 1.54) is 0 Å². The Bertz CT molecular complexity index is 101. The van der Waals surface area contributed by atoms with E-state index in [2.05, 4.69) is 0 Å². The third-order valence-corrected chi connectivity index (χ3v) is 2.58. The highest BCUT2D eigenvalue weighted by Gasteiger charge is 2.55. The van der Waals surface area contributed by atoms with Crippen molar-refractivity contribution in [1.82, 2.24) is 0 Å². The van der Waals surface area contributed by atoms with Gasteiger partial charge in [0.15, 0.2) is 0 Å². The SMILES string of the molecule is ClC1CC(Cl)C2OC12. The van der Waals surface area contributed by atoms with E-state index in [1.54, 1.807) is 0 Å². The van der Waals surface area contributed by atoms with E-state index in [-0.39, 0.29) is 10.8 Å². The van der Waals surface area contributed by atoms with Crippen LogP contribution >= 0.6 is 23.2 Å². The van der Waals surface area contributed by atoms with Gasteiger partial charge in [0.25, 0.3) is 0 Å². The van der Waals surface area contributed by atoms with Gasteiger partial charge in [-0.15, -0.1) is 23.2 Å². The van der Waals surface area contributed by atoms with E-state index in [9.17, 15) is 0 Å². The molecule has 3 heteroatoms. The molecule has 46 valence electrons. The molecule has 1 saturated carbocycles. The first kappa shape index (κ1) is 5.33. The van der Waals surface area contributed by atoms with Crippen molar-refractivity contribution in [3.8, 4) is 0 Å². The van der Waals surface area contributed by atoms with Crippen molar-refractivity contribution in [3.63, 3.8) is 0 Å². The van der Waals surface area contributed by atoms with Crippen molar-refractivity contribution in [2.45, 2.75) is 29.4 Å². The van der Waals surface area contributed by atoms with Crippen LogP contribution in [0, 0.1) is 0 Å². The maximum atomic E-state index is 5.79. The fourth-order valence-electron chi connectivity index (χ4n) is 1.20. The maximum Gasteiger partial charge on any atom is 0.102 e. The molecule has 0 radical (unpaired) electrons. The summed E-state index contributed by atoms with van der Waals surface area (Å²) in [6, 6.07) is 0. The van der Waals surface area contributed by atoms with Gasteiger partial charge in [0.1, 0.15) is 12.2 Å². The van der Waals surface area contributed by atoms with Gasteiger partial charge in [-0.1, -0.05) is 0 Å². The lowest BCUT2D eigenvalue weighted by molar-refractivity contribution is 0.327. The molecule has 0 spiro atoms. The first-order chi connectivity index (χ1) is 3.79. The van der Waals surface area contributed by atoms with Gasteiger partial charge >= 0.3 is 0 Å². The zero-order chi connectivity index (χ0) is 5.72. The number of hydrogen-bond acceptors (Lipinski definition) is 1. The Balaban J connectivity index is 2.09. The smallest absolute Gasteiger partial charge is 0.102 e. The van der Waals surface area contributed by atoms with Crippen LogP contribution in [-0.2, 0) is 4.74 Å². The fraction of sp³-hybridized carbons (Fsp3) is 1.00. The minimum absolute atomic E-state index is 0.183. The molecule has 4 unspecified atom stereocenters. The van der Waals surface area contributed by atoms with Gasteiger partial charge in [0, 0.05) is 0 Å². The molecule has 0 aromatic carbocycles. The van der Waals surface area contributed by atoms with Gasteiger partial charge in [0.05, 0.1) is 10.8 Å². The molecule has 0 aromatic rings. The second-order valence-electron chi connectivity index (χ2n) is 2.33. The van der Waals surface area contributed by atoms with Crippen LogP contribution < -0.4 is 0 Å². The van der Waals surface area contributed by atoms with Crippen LogP contribution in [0.4, 0.5) is 0 Å². The Morgan fingerprint density at radius 2 is 1.62 bits per heavy atom. The lowest BCUT2D eigenvalue weighted by Gasteiger charge is -2.00. The normalized spacial score (nSPS) is 60.8. The highest BCUT2D eigenvalue weighted by Crippen LogP contribution is 2.44. The minimum atomic E-state index is 0.183. The van der Waals surface area contributed by atoms with Crippen LogP contribution in [0.25, 0.3) is 0 Å². The van der Waals surface area contributed by atoms with Crippen LogP contribution in [0.3, 0.4) is 0 Å². The average molecular weight is 153 g/mol. The summed E-state index contributed by atoms with van der Waals surface area (Å²) >= 11 is 11.6. The Hall–Kier alpha value is 0.540. The molecule has 0 aromatic heterocycles. The van der Waals surface area contributed by atoms with Crippen LogP contribution in [-0.4, -0.2) is 23.0 Å². The number of hydrogen-bond donors (Lipinski definition) is 0. The average Bonchev–Trinajstić information content (AvgIpc) is 2.35. The summed E-state index contributed by atoms with van der Waals surface area (Å²) in [6.07, 6.45) is 1.50. The molecule has 2 rings (SSSR count). The fourth-order valence-corrected chi connectivity index (χ4v) is 2.08.